The van der Waals surface area contributed by atoms with Crippen molar-refractivity contribution in [3.05, 3.63) is 67.8 Å². The second kappa shape index (κ2) is 26.5. The summed E-state index contributed by atoms with van der Waals surface area (Å²) in [6.07, 6.45) is 15.1. The molecule has 4 aliphatic heterocycles. The number of hydrogen-bond donors (Lipinski definition) is 0. The van der Waals surface area contributed by atoms with Crippen molar-refractivity contribution in [2.45, 2.75) is 190 Å². The Labute approximate surface area is 441 Å². The Kier molecular flexibility index (Phi) is 22.7. The SMILES string of the molecule is C#CC(C)(C)C(=O)OCC.CCC(C)(C)C#Cc1cc(C)ccc1CN1CCCC12CCN(C(=O)OC(C)(C)C)CC2.Cc1ccc(CN2CCCC23CCN(C(=O)OC(C)(C)C)CC3)c(I)c1.O=C=O. The molecule has 2 aromatic carbocycles. The molecule has 392 valence electrons. The predicted molar refractivity (Wildman–Crippen MR) is 289 cm³/mol. The molecule has 71 heavy (non-hydrogen) atoms. The van der Waals surface area contributed by atoms with Crippen molar-refractivity contribution in [3.8, 4) is 24.2 Å². The standard InChI is InChI=1S/C28H42N2O2.C21H31IN2O2.C8H12O2.CO2/c1-8-27(6,7)14-12-23-20-22(2)10-11-24(23)21-30-17-9-13-28(30)15-18-29(19-16-28)25(31)32-26(3,4)5;1-16-6-7-17(18(22)14-16)15-24-11-5-8-21(24)9-12-23(13-10-21)19(25)26-20(2,3)4;1-5-8(3,4)7(9)10-6-2;2-1-3/h10-11,20H,8-9,13,15-19,21H2,1-7H3;6-7,14H,5,8-13,15H2,1-4H3;1H,6H2,2-4H3;. The molecule has 6 rings (SSSR count). The van der Waals surface area contributed by atoms with Crippen molar-refractivity contribution in [2.24, 2.45) is 10.8 Å². The first-order valence-corrected chi connectivity index (χ1v) is 26.6. The van der Waals surface area contributed by atoms with E-state index in [1.54, 1.807) is 20.8 Å². The maximum absolute atomic E-state index is 12.5. The van der Waals surface area contributed by atoms with Gasteiger partial charge >= 0.3 is 24.3 Å². The van der Waals surface area contributed by atoms with Crippen LogP contribution in [0.2, 0.25) is 0 Å². The average Bonchev–Trinajstić information content (AvgIpc) is 3.86. The van der Waals surface area contributed by atoms with Crippen LogP contribution in [0.3, 0.4) is 0 Å². The number of amides is 2. The summed E-state index contributed by atoms with van der Waals surface area (Å²) in [7, 11) is 0. The zero-order valence-electron chi connectivity index (χ0n) is 45.7. The maximum atomic E-state index is 12.5. The normalized spacial score (nSPS) is 17.7. The number of carbonyl (C=O) groups excluding carboxylic acids is 5. The van der Waals surface area contributed by atoms with Crippen LogP contribution >= 0.6 is 22.6 Å². The molecule has 0 bridgehead atoms. The number of halogens is 1. The number of aryl methyl sites for hydroxylation is 2. The van der Waals surface area contributed by atoms with Crippen molar-refractivity contribution in [1.29, 1.82) is 0 Å². The molecule has 0 radical (unpaired) electrons. The number of piperidine rings is 2. The number of hydrogen-bond acceptors (Lipinski definition) is 10. The van der Waals surface area contributed by atoms with Crippen molar-refractivity contribution >= 4 is 46.9 Å². The summed E-state index contributed by atoms with van der Waals surface area (Å²) in [5.41, 5.74) is 5.32. The largest absolute Gasteiger partial charge is 0.465 e. The summed E-state index contributed by atoms with van der Waals surface area (Å²) >= 11 is 2.46. The van der Waals surface area contributed by atoms with Crippen LogP contribution in [0.5, 0.6) is 0 Å². The van der Waals surface area contributed by atoms with Crippen LogP contribution < -0.4 is 0 Å². The molecular formula is C58H85IN4O8. The van der Waals surface area contributed by atoms with Crippen LogP contribution in [0.25, 0.3) is 0 Å². The van der Waals surface area contributed by atoms with Crippen LogP contribution in [-0.4, -0.2) is 112 Å². The van der Waals surface area contributed by atoms with Gasteiger partial charge in [-0.05, 0) is 212 Å². The van der Waals surface area contributed by atoms with E-state index in [0.29, 0.717) is 6.61 Å². The maximum Gasteiger partial charge on any atom is 0.410 e. The lowest BCUT2D eigenvalue weighted by atomic mass is 9.84. The Morgan fingerprint density at radius 2 is 1.08 bits per heavy atom. The molecule has 2 amide bonds. The monoisotopic (exact) mass is 1090 g/mol. The lowest BCUT2D eigenvalue weighted by molar-refractivity contribution is -0.191. The fraction of sp³-hybridized carbons (Fsp3) is 0.655. The fourth-order valence-electron chi connectivity index (χ4n) is 9.31. The molecule has 4 heterocycles. The van der Waals surface area contributed by atoms with E-state index in [1.165, 1.54) is 57.1 Å². The van der Waals surface area contributed by atoms with Crippen LogP contribution in [0.1, 0.15) is 169 Å². The number of benzene rings is 2. The second-order valence-electron chi connectivity index (χ2n) is 22.7. The molecule has 0 N–H and O–H groups in total. The van der Waals surface area contributed by atoms with Crippen LogP contribution in [0, 0.1) is 52.4 Å². The van der Waals surface area contributed by atoms with Crippen molar-refractivity contribution < 1.29 is 38.2 Å². The van der Waals surface area contributed by atoms with Gasteiger partial charge < -0.3 is 24.0 Å². The number of esters is 1. The van der Waals surface area contributed by atoms with Gasteiger partial charge in [-0.25, -0.2) is 9.59 Å². The van der Waals surface area contributed by atoms with Gasteiger partial charge in [0.05, 0.1) is 6.61 Å². The summed E-state index contributed by atoms with van der Waals surface area (Å²) in [4.78, 5) is 61.2. The molecule has 4 saturated heterocycles. The molecule has 0 saturated carbocycles. The molecule has 2 aromatic rings. The minimum atomic E-state index is -0.782. The summed E-state index contributed by atoms with van der Waals surface area (Å²) < 4.78 is 17.2. The molecule has 0 atom stereocenters. The Balaban J connectivity index is 0.000000305. The van der Waals surface area contributed by atoms with Gasteiger partial charge in [0, 0.05) is 64.9 Å². The van der Waals surface area contributed by atoms with E-state index in [-0.39, 0.29) is 40.8 Å². The van der Waals surface area contributed by atoms with E-state index in [4.69, 9.17) is 30.2 Å². The smallest absolute Gasteiger partial charge is 0.410 e. The molecule has 12 nitrogen and oxygen atoms in total. The van der Waals surface area contributed by atoms with Gasteiger partial charge in [-0.3, -0.25) is 14.6 Å². The Morgan fingerprint density at radius 1 is 0.662 bits per heavy atom. The van der Waals surface area contributed by atoms with E-state index in [2.05, 4.69) is 121 Å². The highest BCUT2D eigenvalue weighted by atomic mass is 127. The first kappa shape index (κ1) is 60.9. The number of likely N-dealkylation sites (tertiary alicyclic amines) is 4. The van der Waals surface area contributed by atoms with Gasteiger partial charge in [0.15, 0.2) is 0 Å². The van der Waals surface area contributed by atoms with E-state index in [9.17, 15) is 14.4 Å². The molecule has 0 aromatic heterocycles. The molecule has 4 aliphatic rings. The summed E-state index contributed by atoms with van der Waals surface area (Å²) in [6, 6.07) is 13.5. The van der Waals surface area contributed by atoms with Crippen molar-refractivity contribution in [1.82, 2.24) is 19.6 Å². The van der Waals surface area contributed by atoms with Gasteiger partial charge in [-0.2, -0.15) is 9.59 Å². The third-order valence-electron chi connectivity index (χ3n) is 13.9. The lowest BCUT2D eigenvalue weighted by Gasteiger charge is -2.45. The first-order valence-electron chi connectivity index (χ1n) is 25.6. The number of rotatable bonds is 7. The number of nitrogens with zero attached hydrogens (tertiary/aromatic N) is 4. The van der Waals surface area contributed by atoms with Crippen LogP contribution in [0.15, 0.2) is 36.4 Å². The molecule has 0 unspecified atom stereocenters. The molecule has 4 fully saturated rings. The summed E-state index contributed by atoms with van der Waals surface area (Å²) in [5.74, 6) is 9.02. The highest BCUT2D eigenvalue weighted by molar-refractivity contribution is 14.1. The van der Waals surface area contributed by atoms with Crippen LogP contribution in [0.4, 0.5) is 9.59 Å². The Morgan fingerprint density at radius 3 is 1.48 bits per heavy atom. The Hall–Kier alpha value is -4.40. The third-order valence-corrected chi connectivity index (χ3v) is 14.9. The van der Waals surface area contributed by atoms with Crippen molar-refractivity contribution in [2.75, 3.05) is 45.9 Å². The Bertz CT molecular complexity index is 2240. The van der Waals surface area contributed by atoms with Gasteiger partial charge in [-0.15, -0.1) is 6.42 Å². The fourth-order valence-corrected chi connectivity index (χ4v) is 10.2. The van der Waals surface area contributed by atoms with Crippen LogP contribution in [-0.2, 0) is 41.7 Å². The van der Waals surface area contributed by atoms with E-state index < -0.39 is 16.6 Å². The van der Waals surface area contributed by atoms with Gasteiger partial charge in [-0.1, -0.05) is 54.5 Å². The predicted octanol–water partition coefficient (Wildman–Crippen LogP) is 11.7. The minimum absolute atomic E-state index is 0.0321. The summed E-state index contributed by atoms with van der Waals surface area (Å²) in [5, 5.41) is 0. The highest BCUT2D eigenvalue weighted by Gasteiger charge is 2.46. The number of ether oxygens (including phenoxy) is 3. The zero-order valence-corrected chi connectivity index (χ0v) is 47.9. The average molecular weight is 1090 g/mol. The van der Waals surface area contributed by atoms with E-state index in [0.717, 1.165) is 84.5 Å². The molecular weight excluding hydrogens is 1010 g/mol. The van der Waals surface area contributed by atoms with E-state index >= 15 is 0 Å². The highest BCUT2D eigenvalue weighted by Crippen LogP contribution is 2.41. The van der Waals surface area contributed by atoms with E-state index in [1.807, 2.05) is 51.3 Å². The van der Waals surface area contributed by atoms with Gasteiger partial charge in [0.1, 0.15) is 16.6 Å². The quantitative estimate of drug-likeness (QED) is 0.114. The topological polar surface area (TPSA) is 126 Å². The molecule has 2 spiro atoms. The number of carbonyl (C=O) groups is 3. The van der Waals surface area contributed by atoms with Crippen molar-refractivity contribution in [3.63, 3.8) is 0 Å². The second-order valence-corrected chi connectivity index (χ2v) is 23.9. The lowest BCUT2D eigenvalue weighted by Crippen LogP contribution is -2.53. The third kappa shape index (κ3) is 18.9. The van der Waals surface area contributed by atoms with Gasteiger partial charge in [0.2, 0.25) is 0 Å². The molecule has 0 aliphatic carbocycles. The first-order chi connectivity index (χ1) is 33.1. The minimum Gasteiger partial charge on any atom is -0.465 e. The molecule has 13 heteroatoms. The van der Waals surface area contributed by atoms with Gasteiger partial charge in [0.25, 0.3) is 0 Å². The zero-order chi connectivity index (χ0) is 53.4. The number of terminal acetylenes is 1. The summed E-state index contributed by atoms with van der Waals surface area (Å²) in [6.45, 7) is 35.3.